The number of ether oxygens (including phenoxy) is 1. The molecule has 256 valence electrons. The van der Waals surface area contributed by atoms with Crippen molar-refractivity contribution < 1.29 is 17.9 Å². The van der Waals surface area contributed by atoms with Gasteiger partial charge in [0.2, 0.25) is 11.8 Å². The predicted octanol–water partition coefficient (Wildman–Crippen LogP) is 6.93. The summed E-state index contributed by atoms with van der Waals surface area (Å²) in [7, 11) is -4.15. The monoisotopic (exact) mass is 680 g/mol. The van der Waals surface area contributed by atoms with Crippen LogP contribution in [0.25, 0.3) is 11.3 Å². The first kappa shape index (κ1) is 33.0. The van der Waals surface area contributed by atoms with Crippen LogP contribution in [0.1, 0.15) is 79.6 Å². The first-order valence-corrected chi connectivity index (χ1v) is 18.7. The van der Waals surface area contributed by atoms with E-state index in [4.69, 9.17) is 9.72 Å². The van der Waals surface area contributed by atoms with Gasteiger partial charge in [0.15, 0.2) is 0 Å². The molecule has 1 N–H and O–H groups in total. The van der Waals surface area contributed by atoms with Crippen molar-refractivity contribution in [2.45, 2.75) is 89.7 Å². The van der Waals surface area contributed by atoms with Gasteiger partial charge in [0.25, 0.3) is 15.9 Å². The minimum atomic E-state index is -4.15. The Labute approximate surface area is 289 Å². The third kappa shape index (κ3) is 6.86. The van der Waals surface area contributed by atoms with Gasteiger partial charge in [0.05, 0.1) is 28.9 Å². The van der Waals surface area contributed by atoms with Gasteiger partial charge in [0, 0.05) is 29.8 Å². The van der Waals surface area contributed by atoms with Gasteiger partial charge in [-0.15, -0.1) is 0 Å². The van der Waals surface area contributed by atoms with Crippen molar-refractivity contribution in [3.63, 3.8) is 0 Å². The molecule has 2 fully saturated rings. The van der Waals surface area contributed by atoms with Crippen LogP contribution in [0.4, 0.5) is 11.8 Å². The molecule has 4 bridgehead atoms. The summed E-state index contributed by atoms with van der Waals surface area (Å²) in [6.45, 7) is 9.85. The van der Waals surface area contributed by atoms with E-state index in [1.54, 1.807) is 18.2 Å². The van der Waals surface area contributed by atoms with Gasteiger partial charge in [-0.25, -0.2) is 23.1 Å². The van der Waals surface area contributed by atoms with Crippen LogP contribution in [-0.4, -0.2) is 59.4 Å². The van der Waals surface area contributed by atoms with Crippen molar-refractivity contribution in [1.82, 2.24) is 19.9 Å². The number of carbonyl (C=O) groups is 1. The average molecular weight is 681 g/mol. The molecule has 1 amide bonds. The second-order valence-electron chi connectivity index (χ2n) is 14.3. The van der Waals surface area contributed by atoms with Crippen LogP contribution in [0.5, 0.6) is 5.88 Å². The summed E-state index contributed by atoms with van der Waals surface area (Å²) >= 11 is 0. The van der Waals surface area contributed by atoms with Gasteiger partial charge in [-0.05, 0) is 99.7 Å². The number of sulfonamides is 1. The van der Waals surface area contributed by atoms with Crippen LogP contribution in [0.3, 0.4) is 0 Å². The van der Waals surface area contributed by atoms with Crippen LogP contribution in [-0.2, 0) is 16.6 Å². The normalized spacial score (nSPS) is 21.4. The molecule has 0 spiro atoms. The van der Waals surface area contributed by atoms with Crippen LogP contribution in [0.2, 0.25) is 0 Å². The van der Waals surface area contributed by atoms with Crippen LogP contribution in [0.15, 0.2) is 71.6 Å². The standard InChI is InChI=1S/C38H44N6O4S/c1-25-10-5-11-26(2)35(25)32-21-34-41-37(40-32)42-49(46,47)31-15-6-13-28(20-31)36(45)44(30(24-48-34)22-38(4)17-9-18-38)23-29-14-7-16-33(39-29)43-19-8-12-27(43)3/h5-7,10-11,13-16,20-21,27,30H,8-9,12,17-19,22-24H2,1-4H3,(H,40,41,42)/t27-,30-/m1/s1. The highest BCUT2D eigenvalue weighted by molar-refractivity contribution is 7.92. The molecule has 3 aliphatic rings. The highest BCUT2D eigenvalue weighted by Gasteiger charge is 2.38. The zero-order valence-corrected chi connectivity index (χ0v) is 29.5. The minimum absolute atomic E-state index is 0.0493. The van der Waals surface area contributed by atoms with Gasteiger partial charge >= 0.3 is 0 Å². The fraction of sp³-hybridized carbons (Fsp3) is 0.421. The maximum Gasteiger partial charge on any atom is 0.264 e. The molecular weight excluding hydrogens is 637 g/mol. The van der Waals surface area contributed by atoms with Gasteiger partial charge < -0.3 is 14.5 Å². The van der Waals surface area contributed by atoms with E-state index < -0.39 is 10.0 Å². The number of amides is 1. The molecule has 2 atom stereocenters. The van der Waals surface area contributed by atoms with Gasteiger partial charge in [-0.3, -0.25) is 4.79 Å². The third-order valence-corrected chi connectivity index (χ3v) is 11.8. The summed E-state index contributed by atoms with van der Waals surface area (Å²) in [5, 5.41) is 0. The molecule has 1 aliphatic carbocycles. The zero-order valence-electron chi connectivity index (χ0n) is 28.6. The number of nitrogens with one attached hydrogen (secondary N) is 1. The van der Waals surface area contributed by atoms with E-state index in [1.807, 2.05) is 55.1 Å². The minimum Gasteiger partial charge on any atom is -0.475 e. The van der Waals surface area contributed by atoms with E-state index in [2.05, 4.69) is 33.4 Å². The van der Waals surface area contributed by atoms with E-state index in [0.717, 1.165) is 73.3 Å². The van der Waals surface area contributed by atoms with Crippen LogP contribution >= 0.6 is 0 Å². The maximum atomic E-state index is 14.6. The predicted molar refractivity (Wildman–Crippen MR) is 190 cm³/mol. The van der Waals surface area contributed by atoms with E-state index in [0.29, 0.717) is 11.7 Å². The molecule has 1 saturated carbocycles. The number of anilines is 2. The summed E-state index contributed by atoms with van der Waals surface area (Å²) in [4.78, 5) is 32.9. The molecule has 7 rings (SSSR count). The summed E-state index contributed by atoms with van der Waals surface area (Å²) in [6.07, 6.45) is 6.25. The number of rotatable bonds is 6. The van der Waals surface area contributed by atoms with E-state index in [-0.39, 0.29) is 52.8 Å². The SMILES string of the molecule is Cc1cccc(C)c1-c1cc2nc(n1)NS(=O)(=O)c1cccc(c1)C(=O)N(Cc1cccc(N3CCC[C@H]3C)n1)[C@H](CC1(C)CCC1)CO2. The lowest BCUT2D eigenvalue weighted by Crippen LogP contribution is -2.47. The van der Waals surface area contributed by atoms with Gasteiger partial charge in [-0.2, -0.15) is 4.98 Å². The fourth-order valence-electron chi connectivity index (χ4n) is 7.56. The van der Waals surface area contributed by atoms with Gasteiger partial charge in [-0.1, -0.05) is 43.7 Å². The molecule has 11 heteroatoms. The summed E-state index contributed by atoms with van der Waals surface area (Å²) < 4.78 is 36.5. The van der Waals surface area contributed by atoms with Gasteiger partial charge in [0.1, 0.15) is 12.4 Å². The second-order valence-corrected chi connectivity index (χ2v) is 15.9. The van der Waals surface area contributed by atoms with Crippen molar-refractivity contribution >= 4 is 27.7 Å². The number of pyridine rings is 1. The van der Waals surface area contributed by atoms with Crippen molar-refractivity contribution in [3.8, 4) is 17.1 Å². The van der Waals surface area contributed by atoms with Crippen molar-refractivity contribution in [1.29, 1.82) is 0 Å². The Kier molecular flexibility index (Phi) is 8.81. The number of nitrogens with zero attached hydrogens (tertiary/aromatic N) is 5. The van der Waals surface area contributed by atoms with Crippen molar-refractivity contribution in [2.24, 2.45) is 5.41 Å². The van der Waals surface area contributed by atoms with E-state index in [9.17, 15) is 13.2 Å². The molecular formula is C38H44N6O4S. The fourth-order valence-corrected chi connectivity index (χ4v) is 8.55. The largest absolute Gasteiger partial charge is 0.475 e. The number of aromatic nitrogens is 3. The average Bonchev–Trinajstić information content (AvgIpc) is 3.50. The lowest BCUT2D eigenvalue weighted by Gasteiger charge is -2.43. The highest BCUT2D eigenvalue weighted by Crippen LogP contribution is 2.45. The molecule has 0 unspecified atom stereocenters. The maximum absolute atomic E-state index is 14.6. The first-order chi connectivity index (χ1) is 23.5. The lowest BCUT2D eigenvalue weighted by atomic mass is 9.67. The molecule has 49 heavy (non-hydrogen) atoms. The molecule has 4 heterocycles. The summed E-state index contributed by atoms with van der Waals surface area (Å²) in [6, 6.07) is 20.0. The van der Waals surface area contributed by atoms with Crippen molar-refractivity contribution in [2.75, 3.05) is 22.8 Å². The molecule has 1 saturated heterocycles. The topological polar surface area (TPSA) is 118 Å². The molecule has 2 aromatic carbocycles. The molecule has 0 radical (unpaired) electrons. The summed E-state index contributed by atoms with van der Waals surface area (Å²) in [5.74, 6) is 0.771. The van der Waals surface area contributed by atoms with Crippen molar-refractivity contribution in [3.05, 3.63) is 89.1 Å². The Morgan fingerprint density at radius 3 is 2.43 bits per heavy atom. The zero-order chi connectivity index (χ0) is 34.3. The Morgan fingerprint density at radius 2 is 1.71 bits per heavy atom. The van der Waals surface area contributed by atoms with E-state index >= 15 is 0 Å². The highest BCUT2D eigenvalue weighted by atomic mass is 32.2. The number of carbonyl (C=O) groups excluding carboxylic acids is 1. The van der Waals surface area contributed by atoms with Crippen LogP contribution in [0, 0.1) is 19.3 Å². The second kappa shape index (κ2) is 13.1. The third-order valence-electron chi connectivity index (χ3n) is 10.4. The molecule has 10 nitrogen and oxygen atoms in total. The Morgan fingerprint density at radius 1 is 0.959 bits per heavy atom. The van der Waals surface area contributed by atoms with E-state index in [1.165, 1.54) is 12.1 Å². The number of fused-ring (bicyclic) bond motifs is 4. The Balaban J connectivity index is 1.34. The van der Waals surface area contributed by atoms with Crippen LogP contribution < -0.4 is 14.4 Å². The Hall–Kier alpha value is -4.51. The number of hydrogen-bond acceptors (Lipinski definition) is 8. The molecule has 2 aliphatic heterocycles. The molecule has 2 aromatic heterocycles. The summed E-state index contributed by atoms with van der Waals surface area (Å²) in [5.41, 5.74) is 4.52. The molecule has 4 aromatic rings. The smallest absolute Gasteiger partial charge is 0.264 e. The number of hydrogen-bond donors (Lipinski definition) is 1. The number of aryl methyl sites for hydroxylation is 2. The quantitative estimate of drug-likeness (QED) is 0.233. The lowest BCUT2D eigenvalue weighted by molar-refractivity contribution is 0.0350. The Bertz CT molecular complexity index is 1980. The number of benzene rings is 2. The first-order valence-electron chi connectivity index (χ1n) is 17.2.